The van der Waals surface area contributed by atoms with Gasteiger partial charge < -0.3 is 64.7 Å². The van der Waals surface area contributed by atoms with E-state index in [2.05, 4.69) is 217 Å². The van der Waals surface area contributed by atoms with Crippen molar-refractivity contribution in [2.45, 2.75) is 392 Å². The molecule has 2 amide bonds. The molecule has 0 aliphatic carbocycles. The van der Waals surface area contributed by atoms with Crippen LogP contribution in [-0.4, -0.2) is 118 Å². The molecular formula is C96H158N2O17P2-2. The number of aliphatic hydroxyl groups excluding tert-OH is 5. The van der Waals surface area contributed by atoms with Crippen molar-refractivity contribution in [1.82, 2.24) is 10.6 Å². The molecule has 7 N–H and O–H groups in total. The van der Waals surface area contributed by atoms with E-state index in [1.807, 2.05) is 6.92 Å². The van der Waals surface area contributed by atoms with E-state index in [0.717, 1.165) is 187 Å². The number of aliphatic hydroxyl groups is 5. The number of rotatable bonds is 59. The summed E-state index contributed by atoms with van der Waals surface area (Å²) in [5.74, 6) is -1.54. The fourth-order valence-electron chi connectivity index (χ4n) is 14.0. The van der Waals surface area contributed by atoms with Crippen LogP contribution < -0.4 is 20.4 Å². The first-order valence-electron chi connectivity index (χ1n) is 43.6. The average molecular weight is 1670 g/mol. The Labute approximate surface area is 708 Å². The van der Waals surface area contributed by atoms with Crippen LogP contribution in [0.15, 0.2) is 175 Å². The number of allylic oxidation sites excluding steroid dienone is 30. The minimum absolute atomic E-state index is 0.0110. The van der Waals surface area contributed by atoms with Crippen molar-refractivity contribution in [3.8, 4) is 0 Å². The quantitative estimate of drug-likeness (QED) is 0.0220. The second-order valence-electron chi connectivity index (χ2n) is 33.9. The molecule has 2 saturated heterocycles. The third kappa shape index (κ3) is 52.1. The summed E-state index contributed by atoms with van der Waals surface area (Å²) in [6, 6.07) is -3.33. The zero-order chi connectivity index (χ0) is 87.5. The SMILES string of the molecule is CC(=O)N[C@H]1[C@@H](OP(=O)([O-])OP(=O)([O-])OCCC(C)CC/C=C(/C)CC/C=C(/C)CC/C=C(/C)CC/C=C(/C)CC/C=C(/C)CC/C=C(/C)CC/C=C(/C)CC/C=C(/C)CC/C=C(/C)CC/C=C(/C)CC/C=C(/C)CC/C=C(/C)CC/C=C(\C)CC/C=C(\C)CCC=C(C)C)O[C@H](CO)[C@@H](O[C@@H]2O[C@H](CO)[C@@H](O)[C@H](O)[C@H]2NC(C)=O)[C@@H]1O. The fraction of sp³-hybridized carbons (Fsp3) is 0.667. The minimum atomic E-state index is -5.93. The molecule has 0 bridgehead atoms. The Kier molecular flexibility index (Phi) is 56.6. The summed E-state index contributed by atoms with van der Waals surface area (Å²) in [6.07, 6.45) is 54.4. The molecule has 13 atom stereocenters. The Morgan fingerprint density at radius 2 is 0.615 bits per heavy atom. The Morgan fingerprint density at radius 3 is 0.880 bits per heavy atom. The van der Waals surface area contributed by atoms with Crippen LogP contribution in [0.25, 0.3) is 0 Å². The molecule has 21 heteroatoms. The first kappa shape index (κ1) is 108. The van der Waals surface area contributed by atoms with Crippen LogP contribution in [-0.2, 0) is 46.3 Å². The van der Waals surface area contributed by atoms with Gasteiger partial charge in [0.2, 0.25) is 11.8 Å². The molecule has 3 unspecified atom stereocenters. The third-order valence-electron chi connectivity index (χ3n) is 21.7. The summed E-state index contributed by atoms with van der Waals surface area (Å²) in [5.41, 5.74) is 21.9. The Hall–Kier alpha value is -5.02. The van der Waals surface area contributed by atoms with Crippen molar-refractivity contribution in [3.05, 3.63) is 175 Å². The number of nitrogens with one attached hydrogen (secondary N) is 2. The van der Waals surface area contributed by atoms with Crippen molar-refractivity contribution in [1.29, 1.82) is 0 Å². The van der Waals surface area contributed by atoms with Gasteiger partial charge in [0.25, 0.3) is 15.6 Å². The molecule has 19 nitrogen and oxygen atoms in total. The van der Waals surface area contributed by atoms with Crippen molar-refractivity contribution in [3.63, 3.8) is 0 Å². The summed E-state index contributed by atoms with van der Waals surface area (Å²) in [4.78, 5) is 50.0. The lowest BCUT2D eigenvalue weighted by Gasteiger charge is -2.48. The largest absolute Gasteiger partial charge is 0.756 e. The zero-order valence-corrected chi connectivity index (χ0v) is 77.4. The molecule has 2 fully saturated rings. The monoisotopic (exact) mass is 1670 g/mol. The van der Waals surface area contributed by atoms with E-state index in [1.165, 1.54) is 96.4 Å². The van der Waals surface area contributed by atoms with E-state index in [1.54, 1.807) is 0 Å². The number of hydrogen-bond acceptors (Lipinski definition) is 17. The zero-order valence-electron chi connectivity index (χ0n) is 75.6. The Bertz CT molecular complexity index is 3540. The molecule has 2 aliphatic rings. The summed E-state index contributed by atoms with van der Waals surface area (Å²) in [5, 5.41) is 57.1. The van der Waals surface area contributed by atoms with Gasteiger partial charge in [-0.15, -0.1) is 0 Å². The average Bonchev–Trinajstić information content (AvgIpc) is 0.773. The standard InChI is InChI=1S/C96H160N2O17P2/c1-69(2)35-20-36-70(3)37-21-38-71(4)39-22-40-72(5)41-23-42-73(6)43-24-44-74(7)45-25-46-75(8)47-26-48-76(9)49-27-50-77(10)51-28-52-78(11)53-29-54-79(12)55-30-56-80(13)57-31-58-81(14)59-32-60-82(15)61-33-62-83(16)63-34-64-84(17)65-66-110-116(106,107)115-117(108,109)114-96-90(98-86(19)102)93(105)94(88(68-100)112-96)113-95-89(97-85(18)101)92(104)91(103)87(67-99)111-95/h35,37,39,41,43,45,47,49,51,53,55,57,59,61,63,84,87-96,99-100,103-105H,20-34,36,38,40,42,44,46,48,50,52,54,56,58,60,62,64-68H2,1-19H3,(H,97,101)(H,98,102)(H,106,107)(H,108,109)/p-2/b70-37+,71-39+,72-41-,73-43-,74-45-,75-47-,76-49-,77-51-,78-53-,79-55-,80-57-,81-59-,82-61-,83-63-/t84?,87-,88-,89-,90-,91-,92-,93-,94-,95+,96-/m1/s1. The van der Waals surface area contributed by atoms with Crippen molar-refractivity contribution in [2.24, 2.45) is 5.92 Å². The molecule has 0 spiro atoms. The summed E-state index contributed by atoms with van der Waals surface area (Å²) < 4.78 is 56.8. The second-order valence-corrected chi connectivity index (χ2v) is 36.8. The highest BCUT2D eigenvalue weighted by atomic mass is 31.3. The maximum absolute atomic E-state index is 13.0. The maximum atomic E-state index is 13.0. The van der Waals surface area contributed by atoms with E-state index >= 15 is 0 Å². The minimum Gasteiger partial charge on any atom is -0.756 e. The molecule has 0 aromatic rings. The number of hydrogen-bond donors (Lipinski definition) is 7. The molecule has 2 rings (SSSR count). The summed E-state index contributed by atoms with van der Waals surface area (Å²) in [7, 11) is -11.5. The van der Waals surface area contributed by atoms with E-state index in [-0.39, 0.29) is 12.3 Å². The smallest absolute Gasteiger partial charge is 0.276 e. The maximum Gasteiger partial charge on any atom is 0.276 e. The van der Waals surface area contributed by atoms with E-state index < -0.39 is 109 Å². The second kappa shape index (κ2) is 61.3. The number of phosphoric acid groups is 2. The van der Waals surface area contributed by atoms with Gasteiger partial charge in [-0.1, -0.05) is 182 Å². The lowest BCUT2D eigenvalue weighted by Crippen LogP contribution is -2.69. The Morgan fingerprint density at radius 1 is 0.359 bits per heavy atom. The number of carbonyl (C=O) groups is 2. The van der Waals surface area contributed by atoms with Gasteiger partial charge >= 0.3 is 0 Å². The lowest BCUT2D eigenvalue weighted by molar-refractivity contribution is -0.331. The summed E-state index contributed by atoms with van der Waals surface area (Å²) in [6.45, 7) is 37.8. The first-order chi connectivity index (χ1) is 55.3. The van der Waals surface area contributed by atoms with Gasteiger partial charge in [-0.05, 0) is 316 Å². The van der Waals surface area contributed by atoms with Gasteiger partial charge in [-0.3, -0.25) is 23.2 Å². The van der Waals surface area contributed by atoms with Crippen LogP contribution in [0.1, 0.15) is 331 Å². The Balaban J connectivity index is 1.61. The van der Waals surface area contributed by atoms with Gasteiger partial charge in [-0.2, -0.15) is 0 Å². The van der Waals surface area contributed by atoms with Gasteiger partial charge in [0.15, 0.2) is 12.6 Å². The van der Waals surface area contributed by atoms with Crippen LogP contribution in [0.4, 0.5) is 0 Å². The number of amides is 2. The number of carbonyl (C=O) groups excluding carboxylic acids is 2. The van der Waals surface area contributed by atoms with Crippen LogP contribution in [0, 0.1) is 5.92 Å². The van der Waals surface area contributed by atoms with Gasteiger partial charge in [0, 0.05) is 13.8 Å². The number of phosphoric ester groups is 2. The highest BCUT2D eigenvalue weighted by molar-refractivity contribution is 7.59. The van der Waals surface area contributed by atoms with Gasteiger partial charge in [0.05, 0.1) is 19.8 Å². The molecular weight excluding hydrogens is 1520 g/mol. The molecule has 2 aliphatic heterocycles. The lowest BCUT2D eigenvalue weighted by atomic mass is 9.94. The molecule has 2 heterocycles. The van der Waals surface area contributed by atoms with Crippen molar-refractivity contribution in [2.75, 3.05) is 19.8 Å². The predicted molar refractivity (Wildman–Crippen MR) is 477 cm³/mol. The molecule has 0 aromatic heterocycles. The molecule has 0 saturated carbocycles. The normalized spacial score (nSPS) is 23.3. The van der Waals surface area contributed by atoms with Crippen molar-refractivity contribution < 1.29 is 81.6 Å². The third-order valence-corrected chi connectivity index (χ3v) is 24.3. The van der Waals surface area contributed by atoms with Gasteiger partial charge in [0.1, 0.15) is 48.7 Å². The van der Waals surface area contributed by atoms with Gasteiger partial charge in [-0.25, -0.2) is 4.31 Å². The number of ether oxygens (including phenoxy) is 3. The van der Waals surface area contributed by atoms with E-state index in [4.69, 9.17) is 23.3 Å². The van der Waals surface area contributed by atoms with Crippen LogP contribution >= 0.6 is 15.6 Å². The van der Waals surface area contributed by atoms with E-state index in [0.29, 0.717) is 6.42 Å². The molecule has 117 heavy (non-hydrogen) atoms. The van der Waals surface area contributed by atoms with Crippen molar-refractivity contribution >= 4 is 27.5 Å². The van der Waals surface area contributed by atoms with Crippen LogP contribution in [0.3, 0.4) is 0 Å². The highest BCUT2D eigenvalue weighted by Gasteiger charge is 2.53. The first-order valence-corrected chi connectivity index (χ1v) is 46.5. The molecule has 666 valence electrons. The fourth-order valence-corrected chi connectivity index (χ4v) is 16.1. The summed E-state index contributed by atoms with van der Waals surface area (Å²) >= 11 is 0. The predicted octanol–water partition coefficient (Wildman–Crippen LogP) is 21.8. The molecule has 0 radical (unpaired) electrons. The molecule has 0 aromatic carbocycles. The van der Waals surface area contributed by atoms with Crippen LogP contribution in [0.5, 0.6) is 0 Å². The van der Waals surface area contributed by atoms with Crippen LogP contribution in [0.2, 0.25) is 0 Å². The van der Waals surface area contributed by atoms with E-state index in [9.17, 15) is 54.0 Å². The topological polar surface area (TPSA) is 295 Å². The highest BCUT2D eigenvalue weighted by Crippen LogP contribution is 2.57.